The van der Waals surface area contributed by atoms with Crippen molar-refractivity contribution in [3.8, 4) is 0 Å². The predicted molar refractivity (Wildman–Crippen MR) is 77.3 cm³/mol. The van der Waals surface area contributed by atoms with Gasteiger partial charge in [-0.3, -0.25) is 9.80 Å². The molecule has 108 valence electrons. The number of piperidine rings is 2. The second-order valence-electron chi connectivity index (χ2n) is 6.16. The maximum atomic E-state index is 11.8. The minimum absolute atomic E-state index is 0.295. The molecule has 0 radical (unpaired) electrons. The fourth-order valence-corrected chi connectivity index (χ4v) is 3.90. The van der Waals surface area contributed by atoms with Crippen LogP contribution in [0.2, 0.25) is 0 Å². The molecule has 20 heavy (non-hydrogen) atoms. The number of hydrogen-bond acceptors (Lipinski definition) is 2. The largest absolute Gasteiger partial charge is 0.465 e. The van der Waals surface area contributed by atoms with Crippen LogP contribution in [0.1, 0.15) is 31.2 Å². The molecule has 1 aromatic rings. The zero-order valence-corrected chi connectivity index (χ0v) is 12.0. The molecular formula is C16H22N2O2. The Morgan fingerprint density at radius 3 is 2.55 bits per heavy atom. The summed E-state index contributed by atoms with van der Waals surface area (Å²) in [6, 6.07) is 9.90. The lowest BCUT2D eigenvalue weighted by molar-refractivity contribution is -0.114. The summed E-state index contributed by atoms with van der Waals surface area (Å²) >= 11 is 0. The van der Waals surface area contributed by atoms with Crippen LogP contribution in [0.3, 0.4) is 0 Å². The average Bonchev–Trinajstić information content (AvgIpc) is 2.47. The molecule has 4 nitrogen and oxygen atoms in total. The molecule has 1 saturated carbocycles. The summed E-state index contributed by atoms with van der Waals surface area (Å²) in [7, 11) is 2.08. The number of amides is 1. The number of nitrogens with zero attached hydrogens (tertiary/aromatic N) is 2. The molecular weight excluding hydrogens is 252 g/mol. The van der Waals surface area contributed by atoms with Gasteiger partial charge in [0.15, 0.2) is 0 Å². The predicted octanol–water partition coefficient (Wildman–Crippen LogP) is 3.00. The van der Waals surface area contributed by atoms with E-state index in [9.17, 15) is 9.90 Å². The van der Waals surface area contributed by atoms with Crippen LogP contribution >= 0.6 is 0 Å². The maximum absolute atomic E-state index is 11.8. The van der Waals surface area contributed by atoms with Crippen molar-refractivity contribution >= 4 is 6.09 Å². The van der Waals surface area contributed by atoms with Gasteiger partial charge in [0.2, 0.25) is 0 Å². The molecule has 0 atom stereocenters. The lowest BCUT2D eigenvalue weighted by Gasteiger charge is -2.57. The second kappa shape index (κ2) is 5.09. The lowest BCUT2D eigenvalue weighted by Crippen LogP contribution is -2.66. The Kier molecular flexibility index (Phi) is 3.42. The van der Waals surface area contributed by atoms with Gasteiger partial charge in [0.1, 0.15) is 0 Å². The van der Waals surface area contributed by atoms with Crippen LogP contribution < -0.4 is 0 Å². The van der Waals surface area contributed by atoms with Crippen molar-refractivity contribution in [3.63, 3.8) is 0 Å². The third-order valence-corrected chi connectivity index (χ3v) is 5.07. The summed E-state index contributed by atoms with van der Waals surface area (Å²) in [5, 5.41) is 9.72. The number of hydrogen-bond donors (Lipinski definition) is 1. The molecule has 1 aromatic carbocycles. The van der Waals surface area contributed by atoms with E-state index in [-0.39, 0.29) is 5.66 Å². The van der Waals surface area contributed by atoms with Crippen molar-refractivity contribution in [1.82, 2.24) is 9.80 Å². The van der Waals surface area contributed by atoms with Gasteiger partial charge in [0, 0.05) is 6.54 Å². The SMILES string of the molecule is CN1CC2CCC1(N(Cc1ccccc1)C(=O)O)CC2. The zero-order valence-electron chi connectivity index (χ0n) is 12.0. The average molecular weight is 274 g/mol. The van der Waals surface area contributed by atoms with Gasteiger partial charge >= 0.3 is 6.09 Å². The highest BCUT2D eigenvalue weighted by molar-refractivity contribution is 5.66. The molecule has 2 aliphatic heterocycles. The highest BCUT2D eigenvalue weighted by Crippen LogP contribution is 2.44. The quantitative estimate of drug-likeness (QED) is 0.921. The van der Waals surface area contributed by atoms with Crippen LogP contribution in [0.5, 0.6) is 0 Å². The number of rotatable bonds is 3. The minimum Gasteiger partial charge on any atom is -0.465 e. The Balaban J connectivity index is 1.88. The van der Waals surface area contributed by atoms with Crippen molar-refractivity contribution in [2.75, 3.05) is 13.6 Å². The first-order valence-electron chi connectivity index (χ1n) is 7.37. The molecule has 4 heteroatoms. The van der Waals surface area contributed by atoms with Gasteiger partial charge in [-0.15, -0.1) is 0 Å². The topological polar surface area (TPSA) is 43.8 Å². The van der Waals surface area contributed by atoms with Gasteiger partial charge in [-0.05, 0) is 44.2 Å². The molecule has 3 aliphatic rings. The van der Waals surface area contributed by atoms with Crippen LogP contribution in [0.15, 0.2) is 30.3 Å². The number of carboxylic acid groups (broad SMARTS) is 1. The van der Waals surface area contributed by atoms with E-state index >= 15 is 0 Å². The van der Waals surface area contributed by atoms with Gasteiger partial charge in [0.05, 0.1) is 12.2 Å². The van der Waals surface area contributed by atoms with Crippen LogP contribution in [-0.2, 0) is 6.54 Å². The van der Waals surface area contributed by atoms with E-state index in [4.69, 9.17) is 0 Å². The van der Waals surface area contributed by atoms with Crippen molar-refractivity contribution in [1.29, 1.82) is 0 Å². The second-order valence-corrected chi connectivity index (χ2v) is 6.16. The molecule has 3 fully saturated rings. The molecule has 2 saturated heterocycles. The number of carbonyl (C=O) groups is 1. The van der Waals surface area contributed by atoms with Crippen molar-refractivity contribution in [2.45, 2.75) is 37.9 Å². The Hall–Kier alpha value is -1.55. The maximum Gasteiger partial charge on any atom is 0.409 e. The highest BCUT2D eigenvalue weighted by Gasteiger charge is 2.50. The van der Waals surface area contributed by atoms with Crippen LogP contribution in [0.4, 0.5) is 4.79 Å². The van der Waals surface area contributed by atoms with E-state index in [1.54, 1.807) is 4.90 Å². The summed E-state index contributed by atoms with van der Waals surface area (Å²) in [5.41, 5.74) is 0.765. The van der Waals surface area contributed by atoms with E-state index in [2.05, 4.69) is 11.9 Å². The van der Waals surface area contributed by atoms with E-state index in [1.165, 1.54) is 0 Å². The fourth-order valence-electron chi connectivity index (χ4n) is 3.90. The van der Waals surface area contributed by atoms with Gasteiger partial charge in [-0.1, -0.05) is 30.3 Å². The molecule has 2 heterocycles. The molecule has 1 aliphatic carbocycles. The standard InChI is InChI=1S/C16H22N2O2/c1-17-11-14-7-9-16(17,10-8-14)18(15(19)20)12-13-5-3-2-4-6-13/h2-6,14H,7-12H2,1H3,(H,19,20). The summed E-state index contributed by atoms with van der Waals surface area (Å²) < 4.78 is 0. The summed E-state index contributed by atoms with van der Waals surface area (Å²) in [5.74, 6) is 0.759. The molecule has 0 unspecified atom stereocenters. The molecule has 0 spiro atoms. The summed E-state index contributed by atoms with van der Waals surface area (Å²) in [6.45, 7) is 1.50. The van der Waals surface area contributed by atoms with Crippen LogP contribution in [-0.4, -0.2) is 40.3 Å². The monoisotopic (exact) mass is 274 g/mol. The molecule has 4 rings (SSSR count). The molecule has 2 bridgehead atoms. The van der Waals surface area contributed by atoms with Gasteiger partial charge in [-0.25, -0.2) is 4.79 Å². The Morgan fingerprint density at radius 1 is 1.35 bits per heavy atom. The van der Waals surface area contributed by atoms with E-state index in [0.29, 0.717) is 6.54 Å². The van der Waals surface area contributed by atoms with Crippen LogP contribution in [0.25, 0.3) is 0 Å². The van der Waals surface area contributed by atoms with Crippen molar-refractivity contribution in [3.05, 3.63) is 35.9 Å². The third-order valence-electron chi connectivity index (χ3n) is 5.07. The normalized spacial score (nSPS) is 29.4. The third kappa shape index (κ3) is 2.18. The Bertz CT molecular complexity index is 481. The Morgan fingerprint density at radius 2 is 2.00 bits per heavy atom. The smallest absolute Gasteiger partial charge is 0.409 e. The first kappa shape index (κ1) is 13.4. The van der Waals surface area contributed by atoms with Crippen molar-refractivity contribution in [2.24, 2.45) is 5.92 Å². The van der Waals surface area contributed by atoms with E-state index in [1.807, 2.05) is 30.3 Å². The first-order chi connectivity index (χ1) is 9.62. The highest BCUT2D eigenvalue weighted by atomic mass is 16.4. The fraction of sp³-hybridized carbons (Fsp3) is 0.562. The molecule has 1 N–H and O–H groups in total. The van der Waals surface area contributed by atoms with E-state index < -0.39 is 6.09 Å². The zero-order chi connectivity index (χ0) is 14.2. The summed E-state index contributed by atoms with van der Waals surface area (Å²) in [6.07, 6.45) is 3.44. The molecule has 0 aromatic heterocycles. The molecule has 1 amide bonds. The lowest BCUT2D eigenvalue weighted by atomic mass is 9.75. The minimum atomic E-state index is -0.805. The number of fused-ring (bicyclic) bond motifs is 3. The van der Waals surface area contributed by atoms with Crippen LogP contribution in [0, 0.1) is 5.92 Å². The van der Waals surface area contributed by atoms with E-state index in [0.717, 1.165) is 43.7 Å². The van der Waals surface area contributed by atoms with Gasteiger partial charge in [-0.2, -0.15) is 0 Å². The number of benzene rings is 1. The van der Waals surface area contributed by atoms with Gasteiger partial charge in [0.25, 0.3) is 0 Å². The Labute approximate surface area is 120 Å². The van der Waals surface area contributed by atoms with Gasteiger partial charge < -0.3 is 5.11 Å². The summed E-state index contributed by atoms with van der Waals surface area (Å²) in [4.78, 5) is 15.8. The van der Waals surface area contributed by atoms with Crippen molar-refractivity contribution < 1.29 is 9.90 Å². The first-order valence-corrected chi connectivity index (χ1v) is 7.37.